The summed E-state index contributed by atoms with van der Waals surface area (Å²) in [4.78, 5) is 14.4. The van der Waals surface area contributed by atoms with Crippen molar-refractivity contribution in [3.05, 3.63) is 35.4 Å². The average molecular weight is 283 g/mol. The van der Waals surface area contributed by atoms with Gasteiger partial charge < -0.3 is 10.2 Å². The quantitative estimate of drug-likeness (QED) is 0.922. The van der Waals surface area contributed by atoms with Crippen molar-refractivity contribution in [1.82, 2.24) is 10.2 Å². The maximum atomic E-state index is 12.6. The summed E-state index contributed by atoms with van der Waals surface area (Å²) in [5.41, 5.74) is 1.65. The summed E-state index contributed by atoms with van der Waals surface area (Å²) in [6.45, 7) is 1.54. The van der Waals surface area contributed by atoms with Gasteiger partial charge in [0.2, 0.25) is 5.91 Å². The number of hydrogen-bond acceptors (Lipinski definition) is 3. The number of nitriles is 1. The van der Waals surface area contributed by atoms with Gasteiger partial charge in [0.1, 0.15) is 0 Å². The number of carbonyl (C=O) groups is 1. The summed E-state index contributed by atoms with van der Waals surface area (Å²) < 4.78 is 0. The molecule has 0 spiro atoms. The molecule has 1 N–H and O–H groups in total. The molecule has 3 unspecified atom stereocenters. The fraction of sp³-hybridized carbons (Fsp3) is 0.529. The average Bonchev–Trinajstić information content (AvgIpc) is 3.09. The van der Waals surface area contributed by atoms with Crippen LogP contribution in [0, 0.1) is 23.2 Å². The van der Waals surface area contributed by atoms with E-state index in [-0.39, 0.29) is 11.9 Å². The lowest BCUT2D eigenvalue weighted by molar-refractivity contribution is -0.133. The van der Waals surface area contributed by atoms with Crippen LogP contribution in [0.15, 0.2) is 24.3 Å². The largest absolute Gasteiger partial charge is 0.340 e. The van der Waals surface area contributed by atoms with Gasteiger partial charge in [-0.05, 0) is 48.9 Å². The van der Waals surface area contributed by atoms with Crippen LogP contribution in [0.4, 0.5) is 0 Å². The lowest BCUT2D eigenvalue weighted by atomic mass is 9.93. The Bertz CT molecular complexity index is 578. The fourth-order valence-electron chi connectivity index (χ4n) is 3.79. The first-order chi connectivity index (χ1) is 10.2. The van der Waals surface area contributed by atoms with Crippen LogP contribution in [0.2, 0.25) is 0 Å². The second-order valence-corrected chi connectivity index (χ2v) is 6.25. The summed E-state index contributed by atoms with van der Waals surface area (Å²) in [6.07, 6.45) is 3.69. The number of rotatable bonds is 3. The van der Waals surface area contributed by atoms with Crippen LogP contribution in [0.25, 0.3) is 0 Å². The molecule has 0 radical (unpaired) electrons. The van der Waals surface area contributed by atoms with Gasteiger partial charge in [-0.3, -0.25) is 4.79 Å². The third-order valence-electron chi connectivity index (χ3n) is 4.86. The molecule has 4 nitrogen and oxygen atoms in total. The molecular formula is C17H21N3O. The molecule has 1 saturated heterocycles. The van der Waals surface area contributed by atoms with Gasteiger partial charge in [0.25, 0.3) is 0 Å². The number of fused-ring (bicyclic) bond motifs is 1. The maximum Gasteiger partial charge on any atom is 0.240 e. The lowest BCUT2D eigenvalue weighted by Gasteiger charge is -2.24. The molecule has 4 heteroatoms. The number of carbonyl (C=O) groups excluding carboxylic acids is 1. The summed E-state index contributed by atoms with van der Waals surface area (Å²) in [7, 11) is 1.85. The van der Waals surface area contributed by atoms with E-state index in [0.29, 0.717) is 23.9 Å². The SMILES string of the molecule is CN(Cc1cccc(C#N)c1)C(=O)C1NCC2CCCC21. The van der Waals surface area contributed by atoms with E-state index in [1.54, 1.807) is 11.0 Å². The van der Waals surface area contributed by atoms with E-state index in [4.69, 9.17) is 5.26 Å². The van der Waals surface area contributed by atoms with Gasteiger partial charge in [-0.15, -0.1) is 0 Å². The van der Waals surface area contributed by atoms with E-state index in [1.165, 1.54) is 19.3 Å². The highest BCUT2D eigenvalue weighted by Gasteiger charge is 2.43. The van der Waals surface area contributed by atoms with Crippen molar-refractivity contribution in [1.29, 1.82) is 5.26 Å². The molecule has 1 aromatic rings. The smallest absolute Gasteiger partial charge is 0.240 e. The highest BCUT2D eigenvalue weighted by Crippen LogP contribution is 2.38. The predicted molar refractivity (Wildman–Crippen MR) is 80.3 cm³/mol. The molecule has 3 atom stereocenters. The van der Waals surface area contributed by atoms with Crippen LogP contribution < -0.4 is 5.32 Å². The molecule has 2 fully saturated rings. The second-order valence-electron chi connectivity index (χ2n) is 6.25. The van der Waals surface area contributed by atoms with E-state index in [9.17, 15) is 4.79 Å². The minimum Gasteiger partial charge on any atom is -0.340 e. The zero-order valence-corrected chi connectivity index (χ0v) is 12.4. The molecule has 0 bridgehead atoms. The number of amides is 1. The number of benzene rings is 1. The molecule has 1 saturated carbocycles. The second kappa shape index (κ2) is 5.87. The zero-order valence-electron chi connectivity index (χ0n) is 12.4. The van der Waals surface area contributed by atoms with E-state index in [2.05, 4.69) is 11.4 Å². The summed E-state index contributed by atoms with van der Waals surface area (Å²) in [6, 6.07) is 9.59. The third-order valence-corrected chi connectivity index (χ3v) is 4.86. The molecule has 21 heavy (non-hydrogen) atoms. The van der Waals surface area contributed by atoms with Crippen LogP contribution >= 0.6 is 0 Å². The number of hydrogen-bond donors (Lipinski definition) is 1. The molecule has 1 heterocycles. The Kier molecular flexibility index (Phi) is 3.94. The molecule has 0 aromatic heterocycles. The van der Waals surface area contributed by atoms with E-state index < -0.39 is 0 Å². The van der Waals surface area contributed by atoms with E-state index in [0.717, 1.165) is 12.1 Å². The van der Waals surface area contributed by atoms with Gasteiger partial charge >= 0.3 is 0 Å². The van der Waals surface area contributed by atoms with E-state index >= 15 is 0 Å². The number of nitrogens with zero attached hydrogens (tertiary/aromatic N) is 2. The van der Waals surface area contributed by atoms with Crippen molar-refractivity contribution in [3.8, 4) is 6.07 Å². The van der Waals surface area contributed by atoms with Gasteiger partial charge in [-0.25, -0.2) is 0 Å². The zero-order chi connectivity index (χ0) is 14.8. The molecule has 1 aliphatic heterocycles. The van der Waals surface area contributed by atoms with Gasteiger partial charge in [0.05, 0.1) is 17.7 Å². The van der Waals surface area contributed by atoms with Crippen molar-refractivity contribution in [3.63, 3.8) is 0 Å². The topological polar surface area (TPSA) is 56.1 Å². The fourth-order valence-corrected chi connectivity index (χ4v) is 3.79. The minimum atomic E-state index is -0.0124. The Morgan fingerprint density at radius 2 is 2.33 bits per heavy atom. The monoisotopic (exact) mass is 283 g/mol. The van der Waals surface area contributed by atoms with Crippen LogP contribution in [-0.4, -0.2) is 30.4 Å². The molecule has 1 aromatic carbocycles. The summed E-state index contributed by atoms with van der Waals surface area (Å²) in [5, 5.41) is 12.3. The maximum absolute atomic E-state index is 12.6. The van der Waals surface area contributed by atoms with Gasteiger partial charge in [0.15, 0.2) is 0 Å². The van der Waals surface area contributed by atoms with Crippen molar-refractivity contribution < 1.29 is 4.79 Å². The molecule has 1 aliphatic carbocycles. The Morgan fingerprint density at radius 1 is 1.48 bits per heavy atom. The molecule has 2 aliphatic rings. The van der Waals surface area contributed by atoms with Crippen LogP contribution in [0.5, 0.6) is 0 Å². The normalized spacial score (nSPS) is 27.1. The third kappa shape index (κ3) is 2.79. The van der Waals surface area contributed by atoms with Crippen LogP contribution in [0.1, 0.15) is 30.4 Å². The first-order valence-corrected chi connectivity index (χ1v) is 7.66. The number of likely N-dealkylation sites (N-methyl/N-ethyl adjacent to an activating group) is 1. The molecule has 1 amide bonds. The van der Waals surface area contributed by atoms with E-state index in [1.807, 2.05) is 25.2 Å². The van der Waals surface area contributed by atoms with Gasteiger partial charge in [-0.2, -0.15) is 5.26 Å². The predicted octanol–water partition coefficient (Wildman–Crippen LogP) is 1.90. The molecule has 110 valence electrons. The van der Waals surface area contributed by atoms with Gasteiger partial charge in [-0.1, -0.05) is 18.6 Å². The van der Waals surface area contributed by atoms with Crippen LogP contribution in [-0.2, 0) is 11.3 Å². The highest BCUT2D eigenvalue weighted by atomic mass is 16.2. The number of nitrogens with one attached hydrogen (secondary N) is 1. The first kappa shape index (κ1) is 14.1. The summed E-state index contributed by atoms with van der Waals surface area (Å²) in [5.74, 6) is 1.39. The Labute approximate surface area is 125 Å². The first-order valence-electron chi connectivity index (χ1n) is 7.66. The van der Waals surface area contributed by atoms with Gasteiger partial charge in [0, 0.05) is 13.6 Å². The summed E-state index contributed by atoms with van der Waals surface area (Å²) >= 11 is 0. The standard InChI is InChI=1S/C17H21N3O/c1-20(11-13-5-2-4-12(8-13)9-18)17(21)16-15-7-3-6-14(15)10-19-16/h2,4-5,8,14-16,19H,3,6-7,10-11H2,1H3. The van der Waals surface area contributed by atoms with Crippen molar-refractivity contribution in [2.75, 3.05) is 13.6 Å². The molecular weight excluding hydrogens is 262 g/mol. The Morgan fingerprint density at radius 3 is 3.14 bits per heavy atom. The lowest BCUT2D eigenvalue weighted by Crippen LogP contribution is -2.44. The molecule has 3 rings (SSSR count). The van der Waals surface area contributed by atoms with Crippen molar-refractivity contribution >= 4 is 5.91 Å². The Hall–Kier alpha value is -1.86. The Balaban J connectivity index is 1.66. The van der Waals surface area contributed by atoms with Crippen molar-refractivity contribution in [2.45, 2.75) is 31.8 Å². The minimum absolute atomic E-state index is 0.0124. The highest BCUT2D eigenvalue weighted by molar-refractivity contribution is 5.82. The van der Waals surface area contributed by atoms with Crippen molar-refractivity contribution in [2.24, 2.45) is 11.8 Å². The van der Waals surface area contributed by atoms with Crippen LogP contribution in [0.3, 0.4) is 0 Å².